The van der Waals surface area contributed by atoms with Crippen molar-refractivity contribution in [3.63, 3.8) is 0 Å². The smallest absolute Gasteiger partial charge is 0.134 e. The minimum absolute atomic E-state index is 0.802. The Morgan fingerprint density at radius 3 is 2.62 bits per heavy atom. The molecule has 0 saturated heterocycles. The van der Waals surface area contributed by atoms with Crippen molar-refractivity contribution >= 4 is 11.0 Å². The molecule has 0 atom stereocenters. The molecule has 3 rings (SSSR count). The molecule has 3 aromatic rings. The standard InChI is InChI=1S/C19H21NO/c1-2-10-20-14-18-13-17-12-16(8-9-19(17)21-18)11-15-6-4-3-5-7-15/h3-9,12-13,20H,2,10-11,14H2,1H3. The third-order valence-corrected chi connectivity index (χ3v) is 3.61. The van der Waals surface area contributed by atoms with Crippen LogP contribution in [0.3, 0.4) is 0 Å². The molecule has 108 valence electrons. The van der Waals surface area contributed by atoms with Gasteiger partial charge >= 0.3 is 0 Å². The largest absolute Gasteiger partial charge is 0.460 e. The second kappa shape index (κ2) is 6.59. The summed E-state index contributed by atoms with van der Waals surface area (Å²) < 4.78 is 5.86. The van der Waals surface area contributed by atoms with Crippen molar-refractivity contribution in [2.45, 2.75) is 26.3 Å². The van der Waals surface area contributed by atoms with Crippen LogP contribution in [0.25, 0.3) is 11.0 Å². The van der Waals surface area contributed by atoms with Crippen LogP contribution in [0.4, 0.5) is 0 Å². The molecule has 1 aromatic heterocycles. The maximum atomic E-state index is 5.86. The number of rotatable bonds is 6. The van der Waals surface area contributed by atoms with Gasteiger partial charge in [0.2, 0.25) is 0 Å². The highest BCUT2D eigenvalue weighted by Gasteiger charge is 2.05. The molecule has 2 heteroatoms. The molecule has 2 aromatic carbocycles. The van der Waals surface area contributed by atoms with E-state index < -0.39 is 0 Å². The zero-order valence-electron chi connectivity index (χ0n) is 12.4. The van der Waals surface area contributed by atoms with E-state index in [9.17, 15) is 0 Å². The average molecular weight is 279 g/mol. The summed E-state index contributed by atoms with van der Waals surface area (Å²) in [4.78, 5) is 0. The van der Waals surface area contributed by atoms with Crippen LogP contribution in [0.15, 0.2) is 59.0 Å². The first-order chi connectivity index (χ1) is 10.3. The molecule has 0 amide bonds. The molecule has 0 spiro atoms. The highest BCUT2D eigenvalue weighted by atomic mass is 16.3. The minimum Gasteiger partial charge on any atom is -0.460 e. The van der Waals surface area contributed by atoms with E-state index in [2.05, 4.69) is 66.8 Å². The Morgan fingerprint density at radius 1 is 0.952 bits per heavy atom. The van der Waals surface area contributed by atoms with Crippen LogP contribution in [0, 0.1) is 0 Å². The SMILES string of the molecule is CCCNCc1cc2cc(Cc3ccccc3)ccc2o1. The van der Waals surface area contributed by atoms with Crippen molar-refractivity contribution in [1.29, 1.82) is 0 Å². The zero-order chi connectivity index (χ0) is 14.5. The molecule has 0 saturated carbocycles. The first kappa shape index (κ1) is 13.9. The lowest BCUT2D eigenvalue weighted by atomic mass is 10.0. The third kappa shape index (κ3) is 3.53. The van der Waals surface area contributed by atoms with Gasteiger partial charge in [-0.25, -0.2) is 0 Å². The Bertz CT molecular complexity index is 700. The molecule has 0 aliphatic rings. The first-order valence-corrected chi connectivity index (χ1v) is 7.61. The minimum atomic E-state index is 0.802. The summed E-state index contributed by atoms with van der Waals surface area (Å²) in [6.07, 6.45) is 2.10. The van der Waals surface area contributed by atoms with E-state index in [4.69, 9.17) is 4.42 Å². The van der Waals surface area contributed by atoms with Gasteiger partial charge in [0.05, 0.1) is 6.54 Å². The number of benzene rings is 2. The van der Waals surface area contributed by atoms with Crippen LogP contribution < -0.4 is 5.32 Å². The third-order valence-electron chi connectivity index (χ3n) is 3.61. The summed E-state index contributed by atoms with van der Waals surface area (Å²) in [6.45, 7) is 3.99. The van der Waals surface area contributed by atoms with Crippen molar-refractivity contribution in [3.8, 4) is 0 Å². The van der Waals surface area contributed by atoms with Crippen molar-refractivity contribution in [2.75, 3.05) is 6.54 Å². The molecular formula is C19H21NO. The molecule has 1 heterocycles. The number of hydrogen-bond donors (Lipinski definition) is 1. The average Bonchev–Trinajstić information content (AvgIpc) is 2.90. The molecular weight excluding hydrogens is 258 g/mol. The summed E-state index contributed by atoms with van der Waals surface area (Å²) in [6, 6.07) is 19.2. The maximum Gasteiger partial charge on any atom is 0.134 e. The molecule has 2 nitrogen and oxygen atoms in total. The van der Waals surface area contributed by atoms with Crippen LogP contribution in [-0.4, -0.2) is 6.54 Å². The van der Waals surface area contributed by atoms with E-state index in [0.717, 1.165) is 37.3 Å². The second-order valence-corrected chi connectivity index (χ2v) is 5.42. The molecule has 21 heavy (non-hydrogen) atoms. The van der Waals surface area contributed by atoms with Crippen LogP contribution in [0.5, 0.6) is 0 Å². The number of fused-ring (bicyclic) bond motifs is 1. The number of hydrogen-bond acceptors (Lipinski definition) is 2. The Morgan fingerprint density at radius 2 is 1.81 bits per heavy atom. The summed E-state index contributed by atoms with van der Waals surface area (Å²) in [5.74, 6) is 1.01. The fourth-order valence-electron chi connectivity index (χ4n) is 2.56. The van der Waals surface area contributed by atoms with Gasteiger partial charge in [0.15, 0.2) is 0 Å². The normalized spacial score (nSPS) is 11.1. The summed E-state index contributed by atoms with van der Waals surface area (Å²) in [5, 5.41) is 4.56. The van der Waals surface area contributed by atoms with Crippen LogP contribution >= 0.6 is 0 Å². The predicted molar refractivity (Wildman–Crippen MR) is 87.5 cm³/mol. The van der Waals surface area contributed by atoms with E-state index in [1.807, 2.05) is 0 Å². The van der Waals surface area contributed by atoms with Crippen molar-refractivity contribution < 1.29 is 4.42 Å². The highest BCUT2D eigenvalue weighted by molar-refractivity contribution is 5.78. The second-order valence-electron chi connectivity index (χ2n) is 5.42. The van der Waals surface area contributed by atoms with Gasteiger partial charge in [0.1, 0.15) is 11.3 Å². The van der Waals surface area contributed by atoms with Crippen molar-refractivity contribution in [1.82, 2.24) is 5.32 Å². The van der Waals surface area contributed by atoms with Gasteiger partial charge < -0.3 is 9.73 Å². The Hall–Kier alpha value is -2.06. The van der Waals surface area contributed by atoms with Gasteiger partial charge in [-0.2, -0.15) is 0 Å². The molecule has 0 aliphatic heterocycles. The lowest BCUT2D eigenvalue weighted by Crippen LogP contribution is -2.12. The Kier molecular flexibility index (Phi) is 4.37. The monoisotopic (exact) mass is 279 g/mol. The van der Waals surface area contributed by atoms with E-state index in [1.54, 1.807) is 0 Å². The van der Waals surface area contributed by atoms with Crippen LogP contribution in [0.2, 0.25) is 0 Å². The molecule has 0 fully saturated rings. The lowest BCUT2D eigenvalue weighted by Gasteiger charge is -2.01. The van der Waals surface area contributed by atoms with E-state index >= 15 is 0 Å². The van der Waals surface area contributed by atoms with E-state index in [0.29, 0.717) is 0 Å². The van der Waals surface area contributed by atoms with Crippen LogP contribution in [0.1, 0.15) is 30.2 Å². The Balaban J connectivity index is 1.76. The molecule has 1 N–H and O–H groups in total. The Labute approximate surface area is 125 Å². The summed E-state index contributed by atoms with van der Waals surface area (Å²) >= 11 is 0. The lowest BCUT2D eigenvalue weighted by molar-refractivity contribution is 0.513. The van der Waals surface area contributed by atoms with E-state index in [-0.39, 0.29) is 0 Å². The molecule has 0 radical (unpaired) electrons. The predicted octanol–water partition coefficient (Wildman–Crippen LogP) is 4.52. The fourth-order valence-corrected chi connectivity index (χ4v) is 2.56. The zero-order valence-corrected chi connectivity index (χ0v) is 12.4. The molecule has 0 unspecified atom stereocenters. The van der Waals surface area contributed by atoms with Gasteiger partial charge in [-0.05, 0) is 48.7 Å². The number of nitrogens with one attached hydrogen (secondary N) is 1. The topological polar surface area (TPSA) is 25.2 Å². The van der Waals surface area contributed by atoms with Crippen molar-refractivity contribution in [3.05, 3.63) is 71.5 Å². The fraction of sp³-hybridized carbons (Fsp3) is 0.263. The number of furan rings is 1. The molecule has 0 bridgehead atoms. The van der Waals surface area contributed by atoms with Gasteiger partial charge in [0.25, 0.3) is 0 Å². The summed E-state index contributed by atoms with van der Waals surface area (Å²) in [5.41, 5.74) is 3.63. The van der Waals surface area contributed by atoms with Gasteiger partial charge in [-0.3, -0.25) is 0 Å². The highest BCUT2D eigenvalue weighted by Crippen LogP contribution is 2.22. The first-order valence-electron chi connectivity index (χ1n) is 7.61. The van der Waals surface area contributed by atoms with Crippen molar-refractivity contribution in [2.24, 2.45) is 0 Å². The maximum absolute atomic E-state index is 5.86. The van der Waals surface area contributed by atoms with Gasteiger partial charge in [0, 0.05) is 5.39 Å². The quantitative estimate of drug-likeness (QED) is 0.671. The van der Waals surface area contributed by atoms with Crippen LogP contribution in [-0.2, 0) is 13.0 Å². The van der Waals surface area contributed by atoms with E-state index in [1.165, 1.54) is 16.5 Å². The summed E-state index contributed by atoms with van der Waals surface area (Å²) in [7, 11) is 0. The van der Waals surface area contributed by atoms with Gasteiger partial charge in [-0.15, -0.1) is 0 Å². The molecule has 0 aliphatic carbocycles. The van der Waals surface area contributed by atoms with Gasteiger partial charge in [-0.1, -0.05) is 43.3 Å².